The summed E-state index contributed by atoms with van der Waals surface area (Å²) in [6.45, 7) is 1.47. The van der Waals surface area contributed by atoms with E-state index in [1.807, 2.05) is 42.8 Å². The van der Waals surface area contributed by atoms with Gasteiger partial charge in [-0.2, -0.15) is 0 Å². The zero-order valence-corrected chi connectivity index (χ0v) is 15.9. The summed E-state index contributed by atoms with van der Waals surface area (Å²) in [5, 5.41) is 4.08. The highest BCUT2D eigenvalue weighted by Gasteiger charge is 2.15. The van der Waals surface area contributed by atoms with Crippen LogP contribution in [0.15, 0.2) is 58.5 Å². The van der Waals surface area contributed by atoms with Crippen LogP contribution in [0, 0.1) is 6.92 Å². The third-order valence-corrected chi connectivity index (χ3v) is 6.28. The molecule has 7 nitrogen and oxygen atoms in total. The Bertz CT molecular complexity index is 1110. The molecule has 0 spiro atoms. The molecule has 0 fully saturated rings. The van der Waals surface area contributed by atoms with Gasteiger partial charge in [-0.05, 0) is 31.2 Å². The van der Waals surface area contributed by atoms with E-state index in [0.717, 1.165) is 15.8 Å². The van der Waals surface area contributed by atoms with Gasteiger partial charge in [0.05, 0.1) is 21.7 Å². The average Bonchev–Trinajstić information content (AvgIpc) is 2.95. The molecule has 0 bridgehead atoms. The van der Waals surface area contributed by atoms with Crippen molar-refractivity contribution in [3.8, 4) is 0 Å². The molecule has 3 rings (SSSR count). The first-order chi connectivity index (χ1) is 12.4. The van der Waals surface area contributed by atoms with Crippen LogP contribution < -0.4 is 14.9 Å². The molecule has 1 heterocycles. The van der Waals surface area contributed by atoms with E-state index in [1.54, 1.807) is 12.1 Å². The molecule has 136 valence electrons. The zero-order valence-electron chi connectivity index (χ0n) is 14.3. The normalized spacial score (nSPS) is 12.5. The molecule has 0 unspecified atom stereocenters. The SMILES string of the molecule is Cc1ccc(S(=O)(=O)NCC(=O)N/N=c2\sc3ccccc3n2C)cc1. The molecule has 0 radical (unpaired) electrons. The second kappa shape index (κ2) is 7.40. The first-order valence-corrected chi connectivity index (χ1v) is 10.1. The topological polar surface area (TPSA) is 92.6 Å². The maximum Gasteiger partial charge on any atom is 0.255 e. The van der Waals surface area contributed by atoms with Crippen LogP contribution >= 0.6 is 11.3 Å². The lowest BCUT2D eigenvalue weighted by molar-refractivity contribution is -0.120. The van der Waals surface area contributed by atoms with Crippen molar-refractivity contribution in [1.29, 1.82) is 0 Å². The van der Waals surface area contributed by atoms with E-state index in [1.165, 1.54) is 23.5 Å². The monoisotopic (exact) mass is 390 g/mol. The number of carbonyl (C=O) groups excluding carboxylic acids is 1. The van der Waals surface area contributed by atoms with Crippen LogP contribution in [0.5, 0.6) is 0 Å². The number of nitrogens with one attached hydrogen (secondary N) is 2. The van der Waals surface area contributed by atoms with Crippen molar-refractivity contribution in [1.82, 2.24) is 14.7 Å². The number of aromatic nitrogens is 1. The van der Waals surface area contributed by atoms with E-state index >= 15 is 0 Å². The first kappa shape index (κ1) is 18.3. The highest BCUT2D eigenvalue weighted by atomic mass is 32.2. The first-order valence-electron chi connectivity index (χ1n) is 7.80. The third-order valence-electron chi connectivity index (χ3n) is 3.75. The standard InChI is InChI=1S/C17H18N4O3S2/c1-12-7-9-13(10-8-12)26(23,24)18-11-16(22)19-20-17-21(2)14-5-3-4-6-15(14)25-17/h3-10,18H,11H2,1-2H3,(H,19,22)/b20-17-. The van der Waals surface area contributed by atoms with Crippen LogP contribution in [0.25, 0.3) is 10.2 Å². The van der Waals surface area contributed by atoms with Gasteiger partial charge >= 0.3 is 0 Å². The van der Waals surface area contributed by atoms with Gasteiger partial charge in [0.25, 0.3) is 5.91 Å². The quantitative estimate of drug-likeness (QED) is 0.646. The van der Waals surface area contributed by atoms with Gasteiger partial charge in [0.2, 0.25) is 14.8 Å². The minimum Gasteiger partial charge on any atom is -0.318 e. The molecule has 0 aliphatic heterocycles. The fraction of sp³-hybridized carbons (Fsp3) is 0.176. The summed E-state index contributed by atoms with van der Waals surface area (Å²) in [5.41, 5.74) is 4.34. The Hall–Kier alpha value is -2.49. The average molecular weight is 390 g/mol. The number of carbonyl (C=O) groups is 1. The summed E-state index contributed by atoms with van der Waals surface area (Å²) in [4.78, 5) is 12.7. The molecular formula is C17H18N4O3S2. The molecule has 26 heavy (non-hydrogen) atoms. The number of para-hydroxylation sites is 1. The van der Waals surface area contributed by atoms with Crippen LogP contribution in [0.4, 0.5) is 0 Å². The van der Waals surface area contributed by atoms with Gasteiger partial charge in [-0.1, -0.05) is 41.2 Å². The number of thiazole rings is 1. The smallest absolute Gasteiger partial charge is 0.255 e. The Labute approximate surface area is 155 Å². The number of sulfonamides is 1. The summed E-state index contributed by atoms with van der Waals surface area (Å²) in [7, 11) is -1.89. The summed E-state index contributed by atoms with van der Waals surface area (Å²) in [6, 6.07) is 14.2. The maximum atomic E-state index is 12.2. The van der Waals surface area contributed by atoms with Gasteiger partial charge in [-0.15, -0.1) is 5.10 Å². The molecule has 3 aromatic rings. The number of nitrogens with zero attached hydrogens (tertiary/aromatic N) is 2. The Morgan fingerprint density at radius 2 is 1.85 bits per heavy atom. The van der Waals surface area contributed by atoms with E-state index < -0.39 is 22.5 Å². The summed E-state index contributed by atoms with van der Waals surface area (Å²) >= 11 is 1.43. The molecule has 1 amide bonds. The fourth-order valence-corrected chi connectivity index (χ4v) is 4.26. The zero-order chi connectivity index (χ0) is 18.7. The van der Waals surface area contributed by atoms with Crippen LogP contribution in [0.2, 0.25) is 0 Å². The second-order valence-corrected chi connectivity index (χ2v) is 8.47. The molecule has 9 heteroatoms. The molecule has 2 N–H and O–H groups in total. The fourth-order valence-electron chi connectivity index (χ4n) is 2.30. The van der Waals surface area contributed by atoms with E-state index in [0.29, 0.717) is 4.80 Å². The van der Waals surface area contributed by atoms with E-state index in [-0.39, 0.29) is 4.90 Å². The Balaban J connectivity index is 1.67. The highest BCUT2D eigenvalue weighted by molar-refractivity contribution is 7.89. The lowest BCUT2D eigenvalue weighted by Crippen LogP contribution is -2.35. The Morgan fingerprint density at radius 1 is 1.15 bits per heavy atom. The molecule has 0 saturated heterocycles. The molecule has 0 aliphatic rings. The van der Waals surface area contributed by atoms with Gasteiger partial charge < -0.3 is 4.57 Å². The number of hydrogen-bond acceptors (Lipinski definition) is 5. The minimum absolute atomic E-state index is 0.115. The third kappa shape index (κ3) is 4.01. The highest BCUT2D eigenvalue weighted by Crippen LogP contribution is 2.14. The van der Waals surface area contributed by atoms with E-state index in [9.17, 15) is 13.2 Å². The molecule has 1 aromatic heterocycles. The van der Waals surface area contributed by atoms with Crippen molar-refractivity contribution >= 4 is 37.5 Å². The van der Waals surface area contributed by atoms with Crippen molar-refractivity contribution in [3.05, 3.63) is 58.9 Å². The lowest BCUT2D eigenvalue weighted by Gasteiger charge is -2.06. The largest absolute Gasteiger partial charge is 0.318 e. The van der Waals surface area contributed by atoms with Crippen molar-refractivity contribution < 1.29 is 13.2 Å². The van der Waals surface area contributed by atoms with Crippen LogP contribution in [0.3, 0.4) is 0 Å². The predicted molar refractivity (Wildman–Crippen MR) is 101 cm³/mol. The Kier molecular flexibility index (Phi) is 5.21. The lowest BCUT2D eigenvalue weighted by atomic mass is 10.2. The van der Waals surface area contributed by atoms with Gasteiger partial charge in [-0.3, -0.25) is 4.79 Å². The minimum atomic E-state index is -3.74. The molecule has 2 aromatic carbocycles. The predicted octanol–water partition coefficient (Wildman–Crippen LogP) is 1.46. The van der Waals surface area contributed by atoms with Gasteiger partial charge in [0.15, 0.2) is 0 Å². The summed E-state index contributed by atoms with van der Waals surface area (Å²) < 4.78 is 29.5. The summed E-state index contributed by atoms with van der Waals surface area (Å²) in [6.07, 6.45) is 0. The second-order valence-electron chi connectivity index (χ2n) is 5.70. The number of benzene rings is 2. The van der Waals surface area contributed by atoms with Crippen LogP contribution in [0.1, 0.15) is 5.56 Å². The van der Waals surface area contributed by atoms with E-state index in [4.69, 9.17) is 0 Å². The van der Waals surface area contributed by atoms with Crippen molar-refractivity contribution in [2.75, 3.05) is 6.54 Å². The van der Waals surface area contributed by atoms with Gasteiger partial charge in [0, 0.05) is 7.05 Å². The van der Waals surface area contributed by atoms with Crippen molar-refractivity contribution in [2.45, 2.75) is 11.8 Å². The molecular weight excluding hydrogens is 372 g/mol. The van der Waals surface area contributed by atoms with E-state index in [2.05, 4.69) is 15.2 Å². The van der Waals surface area contributed by atoms with Crippen molar-refractivity contribution in [2.24, 2.45) is 12.1 Å². The molecule has 0 saturated carbocycles. The number of fused-ring (bicyclic) bond motifs is 1. The molecule has 0 aliphatic carbocycles. The number of hydrogen-bond donors (Lipinski definition) is 2. The number of rotatable bonds is 5. The number of amides is 1. The maximum absolute atomic E-state index is 12.2. The molecule has 0 atom stereocenters. The van der Waals surface area contributed by atoms with Gasteiger partial charge in [-0.25, -0.2) is 18.6 Å². The van der Waals surface area contributed by atoms with Crippen LogP contribution in [-0.4, -0.2) is 25.4 Å². The Morgan fingerprint density at radius 3 is 2.54 bits per heavy atom. The number of aryl methyl sites for hydroxylation is 2. The van der Waals surface area contributed by atoms with Crippen LogP contribution in [-0.2, 0) is 21.9 Å². The van der Waals surface area contributed by atoms with Crippen molar-refractivity contribution in [3.63, 3.8) is 0 Å². The van der Waals surface area contributed by atoms with Gasteiger partial charge in [0.1, 0.15) is 0 Å². The summed E-state index contributed by atoms with van der Waals surface area (Å²) in [5.74, 6) is -0.543.